The van der Waals surface area contributed by atoms with E-state index in [0.717, 1.165) is 12.1 Å². The molecule has 0 spiro atoms. The van der Waals surface area contributed by atoms with Gasteiger partial charge in [-0.1, -0.05) is 25.5 Å². The molecule has 0 aromatic heterocycles. The molecule has 0 radical (unpaired) electrons. The average molecular weight is 327 g/mol. The van der Waals surface area contributed by atoms with E-state index in [2.05, 4.69) is 24.4 Å². The minimum atomic E-state index is -0.473. The Bertz CT molecular complexity index is 456. The molecule has 4 nitrogen and oxygen atoms in total. The number of nitrogens with one attached hydrogen (secondary N) is 1. The third kappa shape index (κ3) is 4.70. The van der Waals surface area contributed by atoms with E-state index < -0.39 is 5.41 Å². The Morgan fingerprint density at radius 2 is 1.91 bits per heavy atom. The van der Waals surface area contributed by atoms with E-state index in [1.807, 2.05) is 12.1 Å². The third-order valence-corrected chi connectivity index (χ3v) is 4.35. The molecule has 2 rings (SSSR count). The van der Waals surface area contributed by atoms with Crippen molar-refractivity contribution in [1.29, 1.82) is 0 Å². The summed E-state index contributed by atoms with van der Waals surface area (Å²) in [7, 11) is 0. The van der Waals surface area contributed by atoms with Crippen LogP contribution in [0.15, 0.2) is 24.3 Å². The van der Waals surface area contributed by atoms with Crippen molar-refractivity contribution < 1.29 is 9.53 Å². The third-order valence-electron chi connectivity index (χ3n) is 4.35. The topological polar surface area (TPSA) is 64.4 Å². The van der Waals surface area contributed by atoms with Crippen LogP contribution in [0.3, 0.4) is 0 Å². The zero-order valence-corrected chi connectivity index (χ0v) is 14.1. The summed E-state index contributed by atoms with van der Waals surface area (Å²) < 4.78 is 5.34. The number of amides is 1. The van der Waals surface area contributed by atoms with Crippen LogP contribution >= 0.6 is 12.4 Å². The highest BCUT2D eigenvalue weighted by Crippen LogP contribution is 2.30. The molecule has 3 N–H and O–H groups in total. The first-order valence-electron chi connectivity index (χ1n) is 7.88. The number of ether oxygens (including phenoxy) is 1. The van der Waals surface area contributed by atoms with Crippen LogP contribution in [0.5, 0.6) is 0 Å². The van der Waals surface area contributed by atoms with Crippen LogP contribution in [0.25, 0.3) is 0 Å². The molecule has 5 heteroatoms. The number of benzene rings is 1. The molecule has 22 heavy (non-hydrogen) atoms. The molecule has 0 aliphatic carbocycles. The number of hydrogen-bond acceptors (Lipinski definition) is 3. The van der Waals surface area contributed by atoms with Gasteiger partial charge in [-0.15, -0.1) is 12.4 Å². The fourth-order valence-electron chi connectivity index (χ4n) is 2.69. The number of carbonyl (C=O) groups is 1. The summed E-state index contributed by atoms with van der Waals surface area (Å²) in [6, 6.07) is 8.13. The zero-order valence-electron chi connectivity index (χ0n) is 13.3. The lowest BCUT2D eigenvalue weighted by atomic mass is 9.79. The number of rotatable bonds is 6. The van der Waals surface area contributed by atoms with E-state index in [1.165, 1.54) is 18.4 Å². The SMILES string of the molecule is CCCCc1ccc(NC(=O)C2(CN)CCOCC2)cc1.Cl. The normalized spacial score (nSPS) is 16.6. The van der Waals surface area contributed by atoms with Gasteiger partial charge in [0, 0.05) is 25.4 Å². The molecule has 1 amide bonds. The maximum atomic E-state index is 12.5. The maximum absolute atomic E-state index is 12.5. The Morgan fingerprint density at radius 3 is 2.45 bits per heavy atom. The lowest BCUT2D eigenvalue weighted by molar-refractivity contribution is -0.130. The van der Waals surface area contributed by atoms with Crippen molar-refractivity contribution in [3.05, 3.63) is 29.8 Å². The largest absolute Gasteiger partial charge is 0.381 e. The Kier molecular flexibility index (Phi) is 7.87. The van der Waals surface area contributed by atoms with Crippen LogP contribution in [-0.4, -0.2) is 25.7 Å². The number of anilines is 1. The van der Waals surface area contributed by atoms with Gasteiger partial charge in [-0.05, 0) is 43.4 Å². The van der Waals surface area contributed by atoms with Crippen molar-refractivity contribution in [2.75, 3.05) is 25.1 Å². The van der Waals surface area contributed by atoms with Gasteiger partial charge in [-0.2, -0.15) is 0 Å². The van der Waals surface area contributed by atoms with Gasteiger partial charge in [0.15, 0.2) is 0 Å². The summed E-state index contributed by atoms with van der Waals surface area (Å²) in [5, 5.41) is 3.01. The molecule has 1 heterocycles. The highest BCUT2D eigenvalue weighted by molar-refractivity contribution is 5.95. The van der Waals surface area contributed by atoms with Crippen molar-refractivity contribution in [1.82, 2.24) is 0 Å². The first-order valence-corrected chi connectivity index (χ1v) is 7.88. The summed E-state index contributed by atoms with van der Waals surface area (Å²) in [6.45, 7) is 3.78. The first kappa shape index (κ1) is 18.9. The molecular weight excluding hydrogens is 300 g/mol. The van der Waals surface area contributed by atoms with Gasteiger partial charge < -0.3 is 15.8 Å². The molecule has 1 aliphatic heterocycles. The zero-order chi connectivity index (χ0) is 15.1. The van der Waals surface area contributed by atoms with Crippen LogP contribution in [0.2, 0.25) is 0 Å². The maximum Gasteiger partial charge on any atom is 0.232 e. The number of unbranched alkanes of at least 4 members (excludes halogenated alkanes) is 1. The standard InChI is InChI=1S/C17H26N2O2.ClH/c1-2-3-4-14-5-7-15(8-6-14)19-16(20)17(13-18)9-11-21-12-10-17;/h5-8H,2-4,9-13,18H2,1H3,(H,19,20);1H. The fraction of sp³-hybridized carbons (Fsp3) is 0.588. The van der Waals surface area contributed by atoms with E-state index >= 15 is 0 Å². The molecular formula is C17H27ClN2O2. The average Bonchev–Trinajstić information content (AvgIpc) is 2.54. The Labute approximate surface area is 139 Å². The Balaban J connectivity index is 0.00000242. The molecule has 1 aliphatic rings. The number of nitrogens with two attached hydrogens (primary N) is 1. The smallest absolute Gasteiger partial charge is 0.232 e. The predicted octanol–water partition coefficient (Wildman–Crippen LogP) is 3.15. The molecule has 1 fully saturated rings. The quantitative estimate of drug-likeness (QED) is 0.844. The lowest BCUT2D eigenvalue weighted by Crippen LogP contribution is -2.46. The minimum absolute atomic E-state index is 0. The fourth-order valence-corrected chi connectivity index (χ4v) is 2.69. The molecule has 124 valence electrons. The van der Waals surface area contributed by atoms with Crippen LogP contribution < -0.4 is 11.1 Å². The minimum Gasteiger partial charge on any atom is -0.381 e. The van der Waals surface area contributed by atoms with Crippen LogP contribution in [0.4, 0.5) is 5.69 Å². The second-order valence-electron chi connectivity index (χ2n) is 5.85. The van der Waals surface area contributed by atoms with Gasteiger partial charge in [-0.25, -0.2) is 0 Å². The van der Waals surface area contributed by atoms with Crippen LogP contribution in [0, 0.1) is 5.41 Å². The Morgan fingerprint density at radius 1 is 1.27 bits per heavy atom. The van der Waals surface area contributed by atoms with Crippen LogP contribution in [-0.2, 0) is 16.0 Å². The van der Waals surface area contributed by atoms with E-state index in [9.17, 15) is 4.79 Å². The van der Waals surface area contributed by atoms with E-state index in [0.29, 0.717) is 32.6 Å². The summed E-state index contributed by atoms with van der Waals surface area (Å²) in [6.07, 6.45) is 4.88. The second kappa shape index (κ2) is 9.13. The van der Waals surface area contributed by atoms with Crippen molar-refractivity contribution in [3.63, 3.8) is 0 Å². The molecule has 0 bridgehead atoms. The van der Waals surface area contributed by atoms with Gasteiger partial charge in [0.25, 0.3) is 0 Å². The number of hydrogen-bond donors (Lipinski definition) is 2. The first-order chi connectivity index (χ1) is 10.2. The summed E-state index contributed by atoms with van der Waals surface area (Å²) in [5.41, 5.74) is 7.54. The monoisotopic (exact) mass is 326 g/mol. The van der Waals surface area contributed by atoms with E-state index in [4.69, 9.17) is 10.5 Å². The van der Waals surface area contributed by atoms with Crippen molar-refractivity contribution in [2.24, 2.45) is 11.1 Å². The molecule has 0 saturated carbocycles. The van der Waals surface area contributed by atoms with Gasteiger partial charge in [-0.3, -0.25) is 4.79 Å². The Hall–Kier alpha value is -1.10. The van der Waals surface area contributed by atoms with Crippen molar-refractivity contribution >= 4 is 24.0 Å². The molecule has 0 unspecified atom stereocenters. The van der Waals surface area contributed by atoms with Gasteiger partial charge in [0.1, 0.15) is 0 Å². The number of carbonyl (C=O) groups excluding carboxylic acids is 1. The number of halogens is 1. The molecule has 1 aromatic carbocycles. The van der Waals surface area contributed by atoms with E-state index in [-0.39, 0.29) is 18.3 Å². The molecule has 1 aromatic rings. The molecule has 1 saturated heterocycles. The number of aryl methyl sites for hydroxylation is 1. The summed E-state index contributed by atoms with van der Waals surface area (Å²) in [4.78, 5) is 12.5. The van der Waals surface area contributed by atoms with Gasteiger partial charge >= 0.3 is 0 Å². The lowest BCUT2D eigenvalue weighted by Gasteiger charge is -2.34. The van der Waals surface area contributed by atoms with Gasteiger partial charge in [0.05, 0.1) is 5.41 Å². The highest BCUT2D eigenvalue weighted by Gasteiger charge is 2.38. The van der Waals surface area contributed by atoms with E-state index in [1.54, 1.807) is 0 Å². The van der Waals surface area contributed by atoms with Gasteiger partial charge in [0.2, 0.25) is 5.91 Å². The second-order valence-corrected chi connectivity index (χ2v) is 5.85. The molecule has 0 atom stereocenters. The van der Waals surface area contributed by atoms with Crippen LogP contribution in [0.1, 0.15) is 38.2 Å². The predicted molar refractivity (Wildman–Crippen MR) is 92.5 cm³/mol. The van der Waals surface area contributed by atoms with Crippen molar-refractivity contribution in [2.45, 2.75) is 39.0 Å². The summed E-state index contributed by atoms with van der Waals surface area (Å²) >= 11 is 0. The van der Waals surface area contributed by atoms with Crippen molar-refractivity contribution in [3.8, 4) is 0 Å². The summed E-state index contributed by atoms with van der Waals surface area (Å²) in [5.74, 6) is 0.0228. The highest BCUT2D eigenvalue weighted by atomic mass is 35.5.